The number of nitrogens with zero attached hydrogens (tertiary/aromatic N) is 2. The Hall–Kier alpha value is -2.45. The lowest BCUT2D eigenvalue weighted by Crippen LogP contribution is -2.52. The number of hydrogen-bond acceptors (Lipinski definition) is 4. The number of carbonyl (C=O) groups excluding carboxylic acids is 2. The summed E-state index contributed by atoms with van der Waals surface area (Å²) in [6.45, 7) is 4.59. The normalized spacial score (nSPS) is 14.8. The van der Waals surface area contributed by atoms with Gasteiger partial charge in [-0.3, -0.25) is 9.69 Å². The third-order valence-corrected chi connectivity index (χ3v) is 5.34. The number of hydrogen-bond donors (Lipinski definition) is 2. The molecule has 1 saturated heterocycles. The Kier molecular flexibility index (Phi) is 6.78. The average molecular weight is 390 g/mol. The second kappa shape index (κ2) is 9.48. The molecule has 0 radical (unpaired) electrons. The molecule has 0 spiro atoms. The van der Waals surface area contributed by atoms with Gasteiger partial charge in [0.05, 0.1) is 4.88 Å². The van der Waals surface area contributed by atoms with Gasteiger partial charge in [-0.05, 0) is 29.1 Å². The monoisotopic (exact) mass is 390 g/mol. The number of amides is 3. The molecule has 2 heterocycles. The molecule has 1 aromatic heterocycles. The van der Waals surface area contributed by atoms with Crippen molar-refractivity contribution < 1.29 is 14.0 Å². The largest absolute Gasteiger partial charge is 0.350 e. The predicted molar refractivity (Wildman–Crippen MR) is 103 cm³/mol. The number of carbonyl (C=O) groups is 2. The highest BCUT2D eigenvalue weighted by Gasteiger charge is 2.20. The van der Waals surface area contributed by atoms with Crippen molar-refractivity contribution in [3.63, 3.8) is 0 Å². The van der Waals surface area contributed by atoms with Crippen LogP contribution in [-0.4, -0.2) is 61.0 Å². The Morgan fingerprint density at radius 2 is 1.78 bits per heavy atom. The van der Waals surface area contributed by atoms with E-state index in [2.05, 4.69) is 15.5 Å². The Labute approximate surface area is 162 Å². The van der Waals surface area contributed by atoms with E-state index >= 15 is 0 Å². The number of thiophene rings is 1. The summed E-state index contributed by atoms with van der Waals surface area (Å²) < 4.78 is 12.9. The molecule has 3 amide bonds. The van der Waals surface area contributed by atoms with Crippen LogP contribution in [0.1, 0.15) is 15.2 Å². The fourth-order valence-electron chi connectivity index (χ4n) is 2.89. The molecule has 0 saturated carbocycles. The van der Waals surface area contributed by atoms with E-state index in [1.807, 2.05) is 17.5 Å². The smallest absolute Gasteiger partial charge is 0.317 e. The zero-order valence-corrected chi connectivity index (χ0v) is 15.8. The van der Waals surface area contributed by atoms with E-state index < -0.39 is 0 Å². The summed E-state index contributed by atoms with van der Waals surface area (Å²) in [4.78, 5) is 28.9. The molecule has 1 fully saturated rings. The highest BCUT2D eigenvalue weighted by Crippen LogP contribution is 2.08. The van der Waals surface area contributed by atoms with Gasteiger partial charge in [-0.25, -0.2) is 9.18 Å². The molecule has 0 atom stereocenters. The van der Waals surface area contributed by atoms with Gasteiger partial charge >= 0.3 is 6.03 Å². The molecule has 27 heavy (non-hydrogen) atoms. The number of urea groups is 1. The van der Waals surface area contributed by atoms with Gasteiger partial charge in [-0.15, -0.1) is 11.3 Å². The van der Waals surface area contributed by atoms with Gasteiger partial charge in [-0.2, -0.15) is 0 Å². The minimum atomic E-state index is -0.284. The molecule has 6 nitrogen and oxygen atoms in total. The molecular formula is C19H23FN4O2S. The van der Waals surface area contributed by atoms with Crippen LogP contribution in [0.3, 0.4) is 0 Å². The standard InChI is InChI=1S/C19H23FN4O2S/c20-16-5-3-15(4-6-16)14-22-19(26)24-11-9-23(10-12-24)8-7-21-18(25)17-2-1-13-27-17/h1-6,13H,7-12,14H2,(H,21,25)(H,22,26). The average Bonchev–Trinajstić information content (AvgIpc) is 3.23. The molecule has 144 valence electrons. The van der Waals surface area contributed by atoms with Crippen LogP contribution in [0.5, 0.6) is 0 Å². The minimum Gasteiger partial charge on any atom is -0.350 e. The van der Waals surface area contributed by atoms with Crippen molar-refractivity contribution in [2.75, 3.05) is 39.3 Å². The van der Waals surface area contributed by atoms with Crippen molar-refractivity contribution in [3.8, 4) is 0 Å². The minimum absolute atomic E-state index is 0.0381. The van der Waals surface area contributed by atoms with Crippen molar-refractivity contribution >= 4 is 23.3 Å². The van der Waals surface area contributed by atoms with Crippen LogP contribution in [0.15, 0.2) is 41.8 Å². The van der Waals surface area contributed by atoms with E-state index in [1.54, 1.807) is 17.0 Å². The number of piperazine rings is 1. The summed E-state index contributed by atoms with van der Waals surface area (Å²) in [5.74, 6) is -0.323. The van der Waals surface area contributed by atoms with Crippen LogP contribution in [-0.2, 0) is 6.54 Å². The maximum absolute atomic E-state index is 12.9. The molecule has 2 N–H and O–H groups in total. The highest BCUT2D eigenvalue weighted by atomic mass is 32.1. The summed E-state index contributed by atoms with van der Waals surface area (Å²) in [5, 5.41) is 7.67. The lowest BCUT2D eigenvalue weighted by atomic mass is 10.2. The summed E-state index contributed by atoms with van der Waals surface area (Å²) in [6.07, 6.45) is 0. The first-order valence-electron chi connectivity index (χ1n) is 8.93. The number of halogens is 1. The first-order chi connectivity index (χ1) is 13.1. The maximum atomic E-state index is 12.9. The van der Waals surface area contributed by atoms with E-state index in [4.69, 9.17) is 0 Å². The second-order valence-electron chi connectivity index (χ2n) is 6.35. The van der Waals surface area contributed by atoms with Crippen LogP contribution < -0.4 is 10.6 Å². The first-order valence-corrected chi connectivity index (χ1v) is 9.81. The molecular weight excluding hydrogens is 367 g/mol. The third kappa shape index (κ3) is 5.77. The van der Waals surface area contributed by atoms with Crippen LogP contribution >= 0.6 is 11.3 Å². The van der Waals surface area contributed by atoms with E-state index in [1.165, 1.54) is 23.5 Å². The zero-order chi connectivity index (χ0) is 19.1. The van der Waals surface area contributed by atoms with Crippen LogP contribution in [0.25, 0.3) is 0 Å². The summed E-state index contributed by atoms with van der Waals surface area (Å²) in [5.41, 5.74) is 0.866. The Bertz CT molecular complexity index is 744. The molecule has 0 aliphatic carbocycles. The first kappa shape index (κ1) is 19.3. The topological polar surface area (TPSA) is 64.7 Å². The maximum Gasteiger partial charge on any atom is 0.317 e. The van der Waals surface area contributed by atoms with E-state index in [9.17, 15) is 14.0 Å². The highest BCUT2D eigenvalue weighted by molar-refractivity contribution is 7.12. The quantitative estimate of drug-likeness (QED) is 0.794. The summed E-state index contributed by atoms with van der Waals surface area (Å²) in [7, 11) is 0. The van der Waals surface area contributed by atoms with Gasteiger partial charge in [0, 0.05) is 45.8 Å². The number of nitrogens with one attached hydrogen (secondary N) is 2. The molecule has 1 aliphatic rings. The van der Waals surface area contributed by atoms with Gasteiger partial charge in [0.1, 0.15) is 5.82 Å². The van der Waals surface area contributed by atoms with Crippen LogP contribution in [0.2, 0.25) is 0 Å². The van der Waals surface area contributed by atoms with Gasteiger partial charge < -0.3 is 15.5 Å². The van der Waals surface area contributed by atoms with Gasteiger partial charge in [0.2, 0.25) is 0 Å². The fourth-order valence-corrected chi connectivity index (χ4v) is 3.53. The molecule has 1 aromatic carbocycles. The summed E-state index contributed by atoms with van der Waals surface area (Å²) >= 11 is 1.43. The fraction of sp³-hybridized carbons (Fsp3) is 0.368. The predicted octanol–water partition coefficient (Wildman–Crippen LogP) is 2.14. The third-order valence-electron chi connectivity index (χ3n) is 4.48. The van der Waals surface area contributed by atoms with Crippen molar-refractivity contribution in [1.29, 1.82) is 0 Å². The van der Waals surface area contributed by atoms with Crippen molar-refractivity contribution in [1.82, 2.24) is 20.4 Å². The lowest BCUT2D eigenvalue weighted by Gasteiger charge is -2.34. The van der Waals surface area contributed by atoms with Gasteiger partial charge in [0.25, 0.3) is 5.91 Å². The molecule has 8 heteroatoms. The van der Waals surface area contributed by atoms with Crippen molar-refractivity contribution in [2.24, 2.45) is 0 Å². The number of benzene rings is 1. The Balaban J connectivity index is 1.32. The van der Waals surface area contributed by atoms with Crippen molar-refractivity contribution in [2.45, 2.75) is 6.54 Å². The van der Waals surface area contributed by atoms with Gasteiger partial charge in [0.15, 0.2) is 0 Å². The Morgan fingerprint density at radius 1 is 1.04 bits per heavy atom. The van der Waals surface area contributed by atoms with Crippen LogP contribution in [0, 0.1) is 5.82 Å². The number of rotatable bonds is 6. The lowest BCUT2D eigenvalue weighted by molar-refractivity contribution is 0.0946. The molecule has 0 bridgehead atoms. The van der Waals surface area contributed by atoms with Crippen LogP contribution in [0.4, 0.5) is 9.18 Å². The molecule has 0 unspecified atom stereocenters. The van der Waals surface area contributed by atoms with Gasteiger partial charge in [-0.1, -0.05) is 18.2 Å². The zero-order valence-electron chi connectivity index (χ0n) is 15.0. The van der Waals surface area contributed by atoms with E-state index in [-0.39, 0.29) is 17.8 Å². The second-order valence-corrected chi connectivity index (χ2v) is 7.29. The Morgan fingerprint density at radius 3 is 2.44 bits per heavy atom. The molecule has 3 rings (SSSR count). The van der Waals surface area contributed by atoms with E-state index in [0.29, 0.717) is 26.2 Å². The SMILES string of the molecule is O=C(NCCN1CCN(C(=O)NCc2ccc(F)cc2)CC1)c1cccs1. The molecule has 2 aromatic rings. The molecule has 1 aliphatic heterocycles. The van der Waals surface area contributed by atoms with E-state index in [0.717, 1.165) is 30.1 Å². The summed E-state index contributed by atoms with van der Waals surface area (Å²) in [6, 6.07) is 9.67. The van der Waals surface area contributed by atoms with Crippen molar-refractivity contribution in [3.05, 3.63) is 58.0 Å².